The number of esters is 1. The summed E-state index contributed by atoms with van der Waals surface area (Å²) in [6, 6.07) is 1.56. The minimum atomic E-state index is -0.491. The third kappa shape index (κ3) is 5.42. The fourth-order valence-corrected chi connectivity index (χ4v) is 4.06. The van der Waals surface area contributed by atoms with Crippen molar-refractivity contribution >= 4 is 45.0 Å². The maximum absolute atomic E-state index is 11.3. The molecule has 1 atom stereocenters. The van der Waals surface area contributed by atoms with Crippen molar-refractivity contribution in [3.8, 4) is 0 Å². The van der Waals surface area contributed by atoms with Gasteiger partial charge in [0, 0.05) is 15.1 Å². The molecule has 1 aromatic heterocycles. The molecule has 0 saturated heterocycles. The van der Waals surface area contributed by atoms with Gasteiger partial charge in [-0.1, -0.05) is 0 Å². The molecular formula is C11H16BrNO2S2. The van der Waals surface area contributed by atoms with Gasteiger partial charge in [-0.25, -0.2) is 0 Å². The SMILES string of the molecule is CCOC(=O)C(N)CCSCc1sccc1Br. The molecule has 0 saturated carbocycles. The Bertz CT molecular complexity index is 357. The third-order valence-corrected chi connectivity index (χ3v) is 5.21. The molecule has 0 aliphatic rings. The van der Waals surface area contributed by atoms with E-state index >= 15 is 0 Å². The molecule has 0 aromatic carbocycles. The number of carbonyl (C=O) groups excluding carboxylic acids is 1. The number of halogens is 1. The van der Waals surface area contributed by atoms with Crippen LogP contribution in [-0.2, 0) is 15.3 Å². The van der Waals surface area contributed by atoms with Gasteiger partial charge in [0.2, 0.25) is 0 Å². The summed E-state index contributed by atoms with van der Waals surface area (Å²) in [6.45, 7) is 2.18. The Hall–Kier alpha value is -0.0400. The maximum Gasteiger partial charge on any atom is 0.322 e. The van der Waals surface area contributed by atoms with E-state index in [2.05, 4.69) is 21.3 Å². The molecule has 17 heavy (non-hydrogen) atoms. The summed E-state index contributed by atoms with van der Waals surface area (Å²) in [4.78, 5) is 12.6. The number of thioether (sulfide) groups is 1. The van der Waals surface area contributed by atoms with Crippen LogP contribution in [0.5, 0.6) is 0 Å². The number of nitrogens with two attached hydrogens (primary N) is 1. The summed E-state index contributed by atoms with van der Waals surface area (Å²) in [7, 11) is 0. The van der Waals surface area contributed by atoms with Gasteiger partial charge in [0.25, 0.3) is 0 Å². The quantitative estimate of drug-likeness (QED) is 0.613. The molecule has 0 bridgehead atoms. The first-order chi connectivity index (χ1) is 8.15. The van der Waals surface area contributed by atoms with E-state index in [1.54, 1.807) is 30.0 Å². The second-order valence-electron chi connectivity index (χ2n) is 3.39. The molecule has 0 fully saturated rings. The van der Waals surface area contributed by atoms with Crippen LogP contribution in [0.4, 0.5) is 0 Å². The zero-order valence-corrected chi connectivity index (χ0v) is 12.9. The monoisotopic (exact) mass is 337 g/mol. The molecule has 3 nitrogen and oxygen atoms in total. The van der Waals surface area contributed by atoms with Crippen molar-refractivity contribution in [2.45, 2.75) is 25.1 Å². The number of thiophene rings is 1. The van der Waals surface area contributed by atoms with Crippen LogP contribution in [0.1, 0.15) is 18.2 Å². The highest BCUT2D eigenvalue weighted by atomic mass is 79.9. The van der Waals surface area contributed by atoms with Crippen LogP contribution in [0.3, 0.4) is 0 Å². The topological polar surface area (TPSA) is 52.3 Å². The molecule has 0 amide bonds. The standard InChI is InChI=1S/C11H16BrNO2S2/c1-2-15-11(14)9(13)4-5-16-7-10-8(12)3-6-17-10/h3,6,9H,2,4-5,7,13H2,1H3. The van der Waals surface area contributed by atoms with Gasteiger partial charge in [-0.05, 0) is 46.5 Å². The van der Waals surface area contributed by atoms with Crippen LogP contribution in [0.15, 0.2) is 15.9 Å². The molecule has 0 aliphatic heterocycles. The molecule has 1 unspecified atom stereocenters. The van der Waals surface area contributed by atoms with Crippen molar-refractivity contribution in [1.82, 2.24) is 0 Å². The van der Waals surface area contributed by atoms with E-state index in [1.165, 1.54) is 4.88 Å². The minimum Gasteiger partial charge on any atom is -0.465 e. The van der Waals surface area contributed by atoms with E-state index in [-0.39, 0.29) is 5.97 Å². The molecule has 1 aromatic rings. The summed E-state index contributed by atoms with van der Waals surface area (Å²) in [5, 5.41) is 2.06. The number of carbonyl (C=O) groups is 1. The number of ether oxygens (including phenoxy) is 1. The summed E-state index contributed by atoms with van der Waals surface area (Å²) in [6.07, 6.45) is 0.659. The van der Waals surface area contributed by atoms with Crippen LogP contribution in [0.25, 0.3) is 0 Å². The maximum atomic E-state index is 11.3. The first kappa shape index (κ1) is 15.0. The lowest BCUT2D eigenvalue weighted by molar-refractivity contribution is -0.144. The Morgan fingerprint density at radius 2 is 2.47 bits per heavy atom. The Labute approximate surface area is 118 Å². The molecule has 2 N–H and O–H groups in total. The van der Waals surface area contributed by atoms with E-state index in [9.17, 15) is 4.79 Å². The van der Waals surface area contributed by atoms with Crippen molar-refractivity contribution < 1.29 is 9.53 Å². The van der Waals surface area contributed by atoms with Crippen LogP contribution < -0.4 is 5.73 Å². The molecule has 6 heteroatoms. The smallest absolute Gasteiger partial charge is 0.322 e. The van der Waals surface area contributed by atoms with E-state index < -0.39 is 6.04 Å². The second-order valence-corrected chi connectivity index (χ2v) is 6.35. The van der Waals surface area contributed by atoms with Crippen LogP contribution in [0.2, 0.25) is 0 Å². The van der Waals surface area contributed by atoms with Gasteiger partial charge in [-0.3, -0.25) is 4.79 Å². The van der Waals surface area contributed by atoms with Gasteiger partial charge in [0.15, 0.2) is 0 Å². The summed E-state index contributed by atoms with van der Waals surface area (Å²) in [5.74, 6) is 1.52. The molecule has 0 radical (unpaired) electrons. The normalized spacial score (nSPS) is 12.4. The molecule has 1 heterocycles. The van der Waals surface area contributed by atoms with E-state index in [4.69, 9.17) is 10.5 Å². The Morgan fingerprint density at radius 3 is 3.06 bits per heavy atom. The third-order valence-electron chi connectivity index (χ3n) is 2.09. The van der Waals surface area contributed by atoms with Gasteiger partial charge in [-0.2, -0.15) is 11.8 Å². The summed E-state index contributed by atoms with van der Waals surface area (Å²) >= 11 is 7.00. The van der Waals surface area contributed by atoms with Gasteiger partial charge in [0.1, 0.15) is 6.04 Å². The average Bonchev–Trinajstić information content (AvgIpc) is 2.70. The first-order valence-corrected chi connectivity index (χ1v) is 8.19. The first-order valence-electron chi connectivity index (χ1n) is 5.37. The number of hydrogen-bond acceptors (Lipinski definition) is 5. The van der Waals surface area contributed by atoms with Crippen LogP contribution in [0, 0.1) is 0 Å². The summed E-state index contributed by atoms with van der Waals surface area (Å²) in [5.41, 5.74) is 5.70. The zero-order valence-electron chi connectivity index (χ0n) is 9.65. The lowest BCUT2D eigenvalue weighted by Gasteiger charge is -2.09. The van der Waals surface area contributed by atoms with Gasteiger partial charge in [0.05, 0.1) is 6.61 Å². The molecule has 0 aliphatic carbocycles. The lowest BCUT2D eigenvalue weighted by atomic mass is 10.2. The fraction of sp³-hybridized carbons (Fsp3) is 0.545. The Kier molecular flexibility index (Phi) is 7.18. The van der Waals surface area contributed by atoms with E-state index in [1.807, 2.05) is 6.07 Å². The highest BCUT2D eigenvalue weighted by molar-refractivity contribution is 9.10. The van der Waals surface area contributed by atoms with Crippen molar-refractivity contribution in [2.24, 2.45) is 5.73 Å². The predicted octanol–water partition coefficient (Wildman–Crippen LogP) is 3.02. The Balaban J connectivity index is 2.16. The molecule has 0 spiro atoms. The fourth-order valence-electron chi connectivity index (χ4n) is 1.17. The number of hydrogen-bond donors (Lipinski definition) is 1. The van der Waals surface area contributed by atoms with Gasteiger partial charge >= 0.3 is 5.97 Å². The lowest BCUT2D eigenvalue weighted by Crippen LogP contribution is -2.32. The summed E-state index contributed by atoms with van der Waals surface area (Å²) < 4.78 is 6.00. The highest BCUT2D eigenvalue weighted by Gasteiger charge is 2.13. The molecular weight excluding hydrogens is 322 g/mol. The van der Waals surface area contributed by atoms with Gasteiger partial charge < -0.3 is 10.5 Å². The zero-order chi connectivity index (χ0) is 12.7. The van der Waals surface area contributed by atoms with Crippen LogP contribution >= 0.6 is 39.0 Å². The van der Waals surface area contributed by atoms with Crippen molar-refractivity contribution in [3.63, 3.8) is 0 Å². The van der Waals surface area contributed by atoms with Crippen molar-refractivity contribution in [1.29, 1.82) is 0 Å². The Morgan fingerprint density at radius 1 is 1.71 bits per heavy atom. The molecule has 96 valence electrons. The van der Waals surface area contributed by atoms with Crippen molar-refractivity contribution in [2.75, 3.05) is 12.4 Å². The predicted molar refractivity (Wildman–Crippen MR) is 77.4 cm³/mol. The van der Waals surface area contributed by atoms with E-state index in [0.717, 1.165) is 16.0 Å². The van der Waals surface area contributed by atoms with E-state index in [0.29, 0.717) is 13.0 Å². The molecule has 1 rings (SSSR count). The number of rotatable bonds is 7. The van der Waals surface area contributed by atoms with Crippen LogP contribution in [-0.4, -0.2) is 24.4 Å². The minimum absolute atomic E-state index is 0.301. The highest BCUT2D eigenvalue weighted by Crippen LogP contribution is 2.27. The largest absolute Gasteiger partial charge is 0.465 e. The second kappa shape index (κ2) is 8.13. The van der Waals surface area contributed by atoms with Crippen molar-refractivity contribution in [3.05, 3.63) is 20.8 Å². The van der Waals surface area contributed by atoms with Gasteiger partial charge in [-0.15, -0.1) is 11.3 Å². The average molecular weight is 338 g/mol.